The molecule has 1 atom stereocenters. The molecule has 21 heavy (non-hydrogen) atoms. The second-order valence-electron chi connectivity index (χ2n) is 4.68. The molecular formula is C15H14F4N2. The molecule has 0 aliphatic rings. The van der Waals surface area contributed by atoms with E-state index >= 15 is 0 Å². The molecule has 1 aromatic heterocycles. The fourth-order valence-electron chi connectivity index (χ4n) is 2.18. The van der Waals surface area contributed by atoms with Crippen LogP contribution in [0.3, 0.4) is 0 Å². The molecule has 1 aromatic carbocycles. The third kappa shape index (κ3) is 3.39. The third-order valence-corrected chi connectivity index (χ3v) is 3.19. The fourth-order valence-corrected chi connectivity index (χ4v) is 2.18. The first kappa shape index (κ1) is 15.4. The lowest BCUT2D eigenvalue weighted by Gasteiger charge is -2.21. The second-order valence-corrected chi connectivity index (χ2v) is 4.68. The van der Waals surface area contributed by atoms with E-state index in [4.69, 9.17) is 0 Å². The van der Waals surface area contributed by atoms with Gasteiger partial charge in [0.15, 0.2) is 0 Å². The van der Waals surface area contributed by atoms with Gasteiger partial charge in [0.25, 0.3) is 0 Å². The molecule has 0 radical (unpaired) electrons. The van der Waals surface area contributed by atoms with Crippen molar-refractivity contribution in [3.63, 3.8) is 0 Å². The number of benzene rings is 1. The highest BCUT2D eigenvalue weighted by Crippen LogP contribution is 2.36. The summed E-state index contributed by atoms with van der Waals surface area (Å²) in [4.78, 5) is 4.07. The first-order valence-electron chi connectivity index (χ1n) is 6.29. The van der Waals surface area contributed by atoms with E-state index in [0.29, 0.717) is 5.56 Å². The highest BCUT2D eigenvalue weighted by Gasteiger charge is 2.35. The van der Waals surface area contributed by atoms with E-state index in [1.54, 1.807) is 19.1 Å². The molecule has 2 nitrogen and oxygen atoms in total. The zero-order valence-corrected chi connectivity index (χ0v) is 11.5. The number of aryl methyl sites for hydroxylation is 1. The van der Waals surface area contributed by atoms with E-state index in [0.717, 1.165) is 23.9 Å². The lowest BCUT2D eigenvalue weighted by atomic mass is 9.95. The minimum absolute atomic E-state index is 0.157. The molecule has 1 heterocycles. The van der Waals surface area contributed by atoms with Gasteiger partial charge in [0.2, 0.25) is 0 Å². The molecule has 2 aromatic rings. The Morgan fingerprint density at radius 2 is 1.86 bits per heavy atom. The van der Waals surface area contributed by atoms with Crippen molar-refractivity contribution in [2.45, 2.75) is 19.1 Å². The fraction of sp³-hybridized carbons (Fsp3) is 0.267. The largest absolute Gasteiger partial charge is 0.416 e. The summed E-state index contributed by atoms with van der Waals surface area (Å²) in [7, 11) is 1.52. The molecule has 1 N–H and O–H groups in total. The van der Waals surface area contributed by atoms with Crippen molar-refractivity contribution in [1.82, 2.24) is 10.3 Å². The minimum Gasteiger partial charge on any atom is -0.309 e. The van der Waals surface area contributed by atoms with Gasteiger partial charge in [-0.05, 0) is 49.4 Å². The van der Waals surface area contributed by atoms with Crippen molar-refractivity contribution in [1.29, 1.82) is 0 Å². The number of aromatic nitrogens is 1. The van der Waals surface area contributed by atoms with Gasteiger partial charge in [0.05, 0.1) is 11.6 Å². The Bertz CT molecular complexity index is 621. The summed E-state index contributed by atoms with van der Waals surface area (Å²) in [5, 5.41) is 2.79. The average molecular weight is 298 g/mol. The number of hydrogen-bond acceptors (Lipinski definition) is 2. The Balaban J connectivity index is 2.56. The first-order chi connectivity index (χ1) is 9.82. The maximum Gasteiger partial charge on any atom is 0.416 e. The van der Waals surface area contributed by atoms with Crippen LogP contribution in [0.1, 0.15) is 28.4 Å². The van der Waals surface area contributed by atoms with Gasteiger partial charge >= 0.3 is 6.18 Å². The zero-order valence-electron chi connectivity index (χ0n) is 11.5. The van der Waals surface area contributed by atoms with E-state index in [-0.39, 0.29) is 5.56 Å². The Kier molecular flexibility index (Phi) is 4.27. The molecule has 0 saturated heterocycles. The molecule has 0 aliphatic carbocycles. The monoisotopic (exact) mass is 298 g/mol. The minimum atomic E-state index is -4.55. The molecule has 2 rings (SSSR count). The number of rotatable bonds is 3. The van der Waals surface area contributed by atoms with Crippen LogP contribution in [0.5, 0.6) is 0 Å². The number of nitrogens with zero attached hydrogens (tertiary/aromatic N) is 1. The Labute approximate surface area is 119 Å². The second kappa shape index (κ2) is 5.81. The van der Waals surface area contributed by atoms with Gasteiger partial charge in [-0.2, -0.15) is 13.2 Å². The van der Waals surface area contributed by atoms with Gasteiger partial charge < -0.3 is 5.32 Å². The number of pyridine rings is 1. The summed E-state index contributed by atoms with van der Waals surface area (Å²) in [6.45, 7) is 1.78. The predicted octanol–water partition coefficient (Wildman–Crippen LogP) is 3.86. The molecule has 0 aliphatic heterocycles. The Hall–Kier alpha value is -1.95. The number of alkyl halides is 3. The van der Waals surface area contributed by atoms with Crippen molar-refractivity contribution in [3.05, 3.63) is 64.7 Å². The topological polar surface area (TPSA) is 24.9 Å². The summed E-state index contributed by atoms with van der Waals surface area (Å²) < 4.78 is 52.7. The number of halogens is 4. The Morgan fingerprint density at radius 3 is 2.38 bits per heavy atom. The quantitative estimate of drug-likeness (QED) is 0.870. The smallest absolute Gasteiger partial charge is 0.309 e. The van der Waals surface area contributed by atoms with Crippen molar-refractivity contribution >= 4 is 0 Å². The summed E-state index contributed by atoms with van der Waals surface area (Å²) in [6, 6.07) is 5.07. The molecule has 0 fully saturated rings. The molecule has 0 saturated carbocycles. The molecule has 6 heteroatoms. The normalized spacial score (nSPS) is 13.2. The van der Waals surface area contributed by atoms with E-state index in [9.17, 15) is 17.6 Å². The van der Waals surface area contributed by atoms with Crippen molar-refractivity contribution in [2.75, 3.05) is 7.05 Å². The van der Waals surface area contributed by atoms with E-state index in [2.05, 4.69) is 10.3 Å². The molecule has 0 bridgehead atoms. The zero-order chi connectivity index (χ0) is 15.6. The summed E-state index contributed by atoms with van der Waals surface area (Å²) in [6.07, 6.45) is -3.06. The molecule has 0 spiro atoms. The molecular weight excluding hydrogens is 284 g/mol. The third-order valence-electron chi connectivity index (χ3n) is 3.19. The van der Waals surface area contributed by atoms with Crippen LogP contribution in [0, 0.1) is 12.7 Å². The van der Waals surface area contributed by atoms with Crippen molar-refractivity contribution in [3.8, 4) is 0 Å². The number of nitrogens with one attached hydrogen (secondary N) is 1. The van der Waals surface area contributed by atoms with Gasteiger partial charge in [-0.1, -0.05) is 6.07 Å². The van der Waals surface area contributed by atoms with Gasteiger partial charge in [-0.25, -0.2) is 4.39 Å². The van der Waals surface area contributed by atoms with Crippen LogP contribution in [-0.4, -0.2) is 12.0 Å². The summed E-state index contributed by atoms with van der Waals surface area (Å²) >= 11 is 0. The molecule has 112 valence electrons. The van der Waals surface area contributed by atoms with Crippen molar-refractivity contribution in [2.24, 2.45) is 0 Å². The van der Waals surface area contributed by atoms with Crippen LogP contribution >= 0.6 is 0 Å². The van der Waals surface area contributed by atoms with Crippen LogP contribution in [0.25, 0.3) is 0 Å². The molecule has 1 unspecified atom stereocenters. The van der Waals surface area contributed by atoms with Crippen LogP contribution in [0.15, 0.2) is 36.5 Å². The van der Waals surface area contributed by atoms with Crippen LogP contribution in [0.4, 0.5) is 17.6 Å². The SMILES string of the molecule is CNC(c1ccc(C)nc1)c1cc(F)ccc1C(F)(F)F. The summed E-state index contributed by atoms with van der Waals surface area (Å²) in [5.41, 5.74) is 0.280. The van der Waals surface area contributed by atoms with E-state index < -0.39 is 23.6 Å². The van der Waals surface area contributed by atoms with Crippen LogP contribution in [0.2, 0.25) is 0 Å². The van der Waals surface area contributed by atoms with Crippen molar-refractivity contribution < 1.29 is 17.6 Å². The average Bonchev–Trinajstić information content (AvgIpc) is 2.40. The van der Waals surface area contributed by atoms with Gasteiger partial charge in [-0.3, -0.25) is 4.98 Å². The highest BCUT2D eigenvalue weighted by molar-refractivity contribution is 5.38. The lowest BCUT2D eigenvalue weighted by Crippen LogP contribution is -2.22. The standard InChI is InChI=1S/C15H14F4N2/c1-9-3-4-10(8-21-9)14(20-2)12-7-11(16)5-6-13(12)15(17,18)19/h3-8,14,20H,1-2H3. The highest BCUT2D eigenvalue weighted by atomic mass is 19.4. The van der Waals surface area contributed by atoms with Crippen LogP contribution < -0.4 is 5.32 Å². The van der Waals surface area contributed by atoms with Gasteiger partial charge in [-0.15, -0.1) is 0 Å². The van der Waals surface area contributed by atoms with E-state index in [1.165, 1.54) is 13.2 Å². The van der Waals surface area contributed by atoms with Gasteiger partial charge in [0, 0.05) is 11.9 Å². The number of hydrogen-bond donors (Lipinski definition) is 1. The predicted molar refractivity (Wildman–Crippen MR) is 71.3 cm³/mol. The van der Waals surface area contributed by atoms with Crippen LogP contribution in [-0.2, 0) is 6.18 Å². The maximum absolute atomic E-state index is 13.4. The molecule has 0 amide bonds. The first-order valence-corrected chi connectivity index (χ1v) is 6.29. The lowest BCUT2D eigenvalue weighted by molar-refractivity contribution is -0.138. The maximum atomic E-state index is 13.4. The Morgan fingerprint density at radius 1 is 1.14 bits per heavy atom. The van der Waals surface area contributed by atoms with Gasteiger partial charge in [0.1, 0.15) is 5.82 Å². The summed E-state index contributed by atoms with van der Waals surface area (Å²) in [5.74, 6) is -0.710. The van der Waals surface area contributed by atoms with E-state index in [1.807, 2.05) is 0 Å².